The van der Waals surface area contributed by atoms with Gasteiger partial charge in [-0.05, 0) is 43.5 Å². The maximum absolute atomic E-state index is 13.0. The summed E-state index contributed by atoms with van der Waals surface area (Å²) in [6.07, 6.45) is 0.832. The molecule has 29 heavy (non-hydrogen) atoms. The molecule has 0 radical (unpaired) electrons. The molecule has 0 aliphatic heterocycles. The summed E-state index contributed by atoms with van der Waals surface area (Å²) in [6, 6.07) is 15.4. The van der Waals surface area contributed by atoms with Gasteiger partial charge in [-0.15, -0.1) is 11.8 Å². The molecule has 2 aromatic carbocycles. The number of hydrogen-bond acceptors (Lipinski definition) is 3. The predicted molar refractivity (Wildman–Crippen MR) is 117 cm³/mol. The summed E-state index contributed by atoms with van der Waals surface area (Å²) in [7, 11) is 0. The molecule has 2 amide bonds. The molecule has 0 aromatic heterocycles. The minimum atomic E-state index is -0.567. The summed E-state index contributed by atoms with van der Waals surface area (Å²) < 4.78 is 13.0. The summed E-state index contributed by atoms with van der Waals surface area (Å²) in [5.74, 6) is 0.356. The number of benzene rings is 2. The molecule has 6 heteroatoms. The van der Waals surface area contributed by atoms with E-state index in [1.807, 2.05) is 44.2 Å². The number of carbonyl (C=O) groups excluding carboxylic acids is 2. The molecular formula is C23H29FN2O2S. The third-order valence-corrected chi connectivity index (χ3v) is 5.76. The normalized spacial score (nSPS) is 12.8. The molecule has 0 heterocycles. The van der Waals surface area contributed by atoms with E-state index < -0.39 is 6.04 Å². The highest BCUT2D eigenvalue weighted by atomic mass is 32.2. The molecule has 2 aromatic rings. The molecule has 0 saturated heterocycles. The van der Waals surface area contributed by atoms with Gasteiger partial charge in [0.1, 0.15) is 11.9 Å². The average molecular weight is 417 g/mol. The molecule has 0 spiro atoms. The molecule has 0 fully saturated rings. The van der Waals surface area contributed by atoms with Gasteiger partial charge in [0.2, 0.25) is 11.8 Å². The van der Waals surface area contributed by atoms with Gasteiger partial charge in [-0.1, -0.05) is 49.4 Å². The van der Waals surface area contributed by atoms with Gasteiger partial charge in [-0.2, -0.15) is 0 Å². The first-order valence-electron chi connectivity index (χ1n) is 9.86. The van der Waals surface area contributed by atoms with E-state index in [4.69, 9.17) is 0 Å². The molecule has 1 N–H and O–H groups in total. The maximum Gasteiger partial charge on any atom is 0.242 e. The van der Waals surface area contributed by atoms with Crippen LogP contribution in [0.1, 0.15) is 38.3 Å². The lowest BCUT2D eigenvalue weighted by Crippen LogP contribution is -2.50. The first-order valence-corrected chi connectivity index (χ1v) is 11.0. The average Bonchev–Trinajstić information content (AvgIpc) is 2.73. The van der Waals surface area contributed by atoms with Crippen LogP contribution >= 0.6 is 11.8 Å². The van der Waals surface area contributed by atoms with Crippen molar-refractivity contribution in [3.63, 3.8) is 0 Å². The summed E-state index contributed by atoms with van der Waals surface area (Å²) in [5, 5.41) is 2.96. The highest BCUT2D eigenvalue weighted by molar-refractivity contribution is 7.99. The molecule has 156 valence electrons. The van der Waals surface area contributed by atoms with Crippen LogP contribution in [-0.2, 0) is 21.9 Å². The Morgan fingerprint density at radius 2 is 1.69 bits per heavy atom. The van der Waals surface area contributed by atoms with Crippen molar-refractivity contribution in [2.75, 3.05) is 5.75 Å². The highest BCUT2D eigenvalue weighted by Gasteiger charge is 2.26. The van der Waals surface area contributed by atoms with E-state index in [0.29, 0.717) is 12.3 Å². The largest absolute Gasteiger partial charge is 0.352 e. The minimum absolute atomic E-state index is 0.0616. The standard InChI is InChI=1S/C23H29FN2O2S/c1-4-17(2)25-23(28)18(3)26(14-19-8-6-5-7-9-19)22(27)16-29-15-20-10-12-21(24)13-11-20/h5-13,17-18H,4,14-16H2,1-3H3,(H,25,28)/t17-,18+/m0/s1. The maximum atomic E-state index is 13.0. The second kappa shape index (κ2) is 11.6. The van der Waals surface area contributed by atoms with Crippen molar-refractivity contribution in [3.05, 3.63) is 71.5 Å². The fourth-order valence-corrected chi connectivity index (χ4v) is 3.62. The Kier molecular flexibility index (Phi) is 9.19. The SMILES string of the molecule is CC[C@H](C)NC(=O)[C@@H](C)N(Cc1ccccc1)C(=O)CSCc1ccc(F)cc1. The zero-order valence-corrected chi connectivity index (χ0v) is 18.0. The summed E-state index contributed by atoms with van der Waals surface area (Å²) in [5.41, 5.74) is 1.94. The Hall–Kier alpha value is -2.34. The first-order chi connectivity index (χ1) is 13.9. The van der Waals surface area contributed by atoms with Crippen LogP contribution in [0, 0.1) is 5.82 Å². The van der Waals surface area contributed by atoms with Crippen molar-refractivity contribution < 1.29 is 14.0 Å². The number of rotatable bonds is 10. The van der Waals surface area contributed by atoms with Crippen LogP contribution < -0.4 is 5.32 Å². The zero-order chi connectivity index (χ0) is 21.2. The van der Waals surface area contributed by atoms with Crippen LogP contribution in [0.5, 0.6) is 0 Å². The van der Waals surface area contributed by atoms with Crippen molar-refractivity contribution in [1.29, 1.82) is 0 Å². The second-order valence-electron chi connectivity index (χ2n) is 7.12. The van der Waals surface area contributed by atoms with Gasteiger partial charge in [0, 0.05) is 18.3 Å². The number of hydrogen-bond donors (Lipinski definition) is 1. The zero-order valence-electron chi connectivity index (χ0n) is 17.2. The number of halogens is 1. The van der Waals surface area contributed by atoms with E-state index in [0.717, 1.165) is 17.5 Å². The lowest BCUT2D eigenvalue weighted by atomic mass is 10.1. The second-order valence-corrected chi connectivity index (χ2v) is 8.11. The van der Waals surface area contributed by atoms with E-state index >= 15 is 0 Å². The van der Waals surface area contributed by atoms with Crippen LogP contribution in [0.3, 0.4) is 0 Å². The van der Waals surface area contributed by atoms with Crippen molar-refractivity contribution in [3.8, 4) is 0 Å². The first kappa shape index (κ1) is 22.9. The van der Waals surface area contributed by atoms with Gasteiger partial charge < -0.3 is 10.2 Å². The third-order valence-electron chi connectivity index (χ3n) is 4.77. The van der Waals surface area contributed by atoms with Gasteiger partial charge in [0.25, 0.3) is 0 Å². The Bertz CT molecular complexity index is 783. The van der Waals surface area contributed by atoms with Gasteiger partial charge in [0.05, 0.1) is 5.75 Å². The van der Waals surface area contributed by atoms with Gasteiger partial charge >= 0.3 is 0 Å². The van der Waals surface area contributed by atoms with Crippen LogP contribution in [0.2, 0.25) is 0 Å². The molecule has 0 aliphatic carbocycles. The Labute approximate surface area is 176 Å². The van der Waals surface area contributed by atoms with E-state index in [-0.39, 0.29) is 29.4 Å². The predicted octanol–water partition coefficient (Wildman–Crippen LogP) is 4.39. The number of amides is 2. The van der Waals surface area contributed by atoms with Crippen LogP contribution in [-0.4, -0.2) is 34.6 Å². The Morgan fingerprint density at radius 3 is 2.31 bits per heavy atom. The van der Waals surface area contributed by atoms with E-state index in [1.165, 1.54) is 23.9 Å². The Balaban J connectivity index is 2.03. The van der Waals surface area contributed by atoms with E-state index in [9.17, 15) is 14.0 Å². The number of nitrogens with one attached hydrogen (secondary N) is 1. The van der Waals surface area contributed by atoms with E-state index in [2.05, 4.69) is 5.32 Å². The number of thioether (sulfide) groups is 1. The van der Waals surface area contributed by atoms with Crippen molar-refractivity contribution >= 4 is 23.6 Å². The van der Waals surface area contributed by atoms with E-state index in [1.54, 1.807) is 24.0 Å². The molecule has 0 saturated carbocycles. The lowest BCUT2D eigenvalue weighted by Gasteiger charge is -2.29. The molecule has 0 unspecified atom stereocenters. The lowest BCUT2D eigenvalue weighted by molar-refractivity contribution is -0.138. The van der Waals surface area contributed by atoms with Crippen molar-refractivity contribution in [2.45, 2.75) is 51.6 Å². The van der Waals surface area contributed by atoms with Crippen LogP contribution in [0.4, 0.5) is 4.39 Å². The van der Waals surface area contributed by atoms with Gasteiger partial charge in [-0.3, -0.25) is 9.59 Å². The van der Waals surface area contributed by atoms with Crippen LogP contribution in [0.25, 0.3) is 0 Å². The molecule has 4 nitrogen and oxygen atoms in total. The summed E-state index contributed by atoms with van der Waals surface area (Å²) in [6.45, 7) is 6.11. The topological polar surface area (TPSA) is 49.4 Å². The third kappa shape index (κ3) is 7.54. The fraction of sp³-hybridized carbons (Fsp3) is 0.391. The van der Waals surface area contributed by atoms with Gasteiger partial charge in [-0.25, -0.2) is 4.39 Å². The summed E-state index contributed by atoms with van der Waals surface area (Å²) in [4.78, 5) is 27.2. The smallest absolute Gasteiger partial charge is 0.242 e. The highest BCUT2D eigenvalue weighted by Crippen LogP contribution is 2.16. The van der Waals surface area contributed by atoms with Crippen LogP contribution in [0.15, 0.2) is 54.6 Å². The molecular weight excluding hydrogens is 387 g/mol. The molecule has 0 bridgehead atoms. The fourth-order valence-electron chi connectivity index (χ4n) is 2.75. The summed E-state index contributed by atoms with van der Waals surface area (Å²) >= 11 is 1.46. The minimum Gasteiger partial charge on any atom is -0.352 e. The van der Waals surface area contributed by atoms with Crippen molar-refractivity contribution in [1.82, 2.24) is 10.2 Å². The quantitative estimate of drug-likeness (QED) is 0.625. The monoisotopic (exact) mass is 416 g/mol. The van der Waals surface area contributed by atoms with Crippen molar-refractivity contribution in [2.24, 2.45) is 0 Å². The molecule has 0 aliphatic rings. The van der Waals surface area contributed by atoms with Gasteiger partial charge in [0.15, 0.2) is 0 Å². The Morgan fingerprint density at radius 1 is 1.03 bits per heavy atom. The molecule has 2 rings (SSSR count). The number of nitrogens with zero attached hydrogens (tertiary/aromatic N) is 1. The molecule has 2 atom stereocenters. The number of carbonyl (C=O) groups is 2.